The Hall–Kier alpha value is -3.84. The van der Waals surface area contributed by atoms with Gasteiger partial charge in [0.05, 0.1) is 18.9 Å². The fraction of sp³-hybridized carbons (Fsp3) is 0.125. The molecule has 1 atom stereocenters. The number of carbonyl (C=O) groups is 2. The largest absolute Gasteiger partial charge is 0.497 e. The van der Waals surface area contributed by atoms with Crippen LogP contribution in [0.2, 0.25) is 5.02 Å². The molecule has 0 aliphatic heterocycles. The van der Waals surface area contributed by atoms with Crippen molar-refractivity contribution in [3.63, 3.8) is 0 Å². The van der Waals surface area contributed by atoms with Gasteiger partial charge in [0.15, 0.2) is 6.10 Å². The van der Waals surface area contributed by atoms with Crippen LogP contribution in [0.5, 0.6) is 17.2 Å². The average Bonchev–Trinajstić information content (AvgIpc) is 2.81. The smallest absolute Gasteiger partial charge is 0.343 e. The van der Waals surface area contributed by atoms with Gasteiger partial charge in [-0.1, -0.05) is 11.6 Å². The number of rotatable bonds is 8. The molecule has 0 spiro atoms. The molecule has 0 saturated heterocycles. The van der Waals surface area contributed by atoms with Gasteiger partial charge in [-0.15, -0.1) is 0 Å². The Morgan fingerprint density at radius 1 is 0.906 bits per heavy atom. The normalized spacial score (nSPS) is 11.6. The molecule has 0 aromatic heterocycles. The van der Waals surface area contributed by atoms with E-state index >= 15 is 0 Å². The highest BCUT2D eigenvalue weighted by Crippen LogP contribution is 2.17. The number of nitrogens with zero attached hydrogens (tertiary/aromatic N) is 1. The Labute approximate surface area is 190 Å². The molecule has 8 heteroatoms. The summed E-state index contributed by atoms with van der Waals surface area (Å²) in [6.45, 7) is 1.62. The zero-order valence-corrected chi connectivity index (χ0v) is 18.2. The third-order valence-electron chi connectivity index (χ3n) is 4.30. The molecule has 0 saturated carbocycles. The van der Waals surface area contributed by atoms with E-state index in [4.69, 9.17) is 25.8 Å². The maximum atomic E-state index is 12.2. The van der Waals surface area contributed by atoms with Crippen molar-refractivity contribution in [2.75, 3.05) is 7.11 Å². The number of benzene rings is 3. The summed E-state index contributed by atoms with van der Waals surface area (Å²) in [5.74, 6) is 0.693. The number of esters is 1. The summed E-state index contributed by atoms with van der Waals surface area (Å²) in [4.78, 5) is 24.3. The lowest BCUT2D eigenvalue weighted by atomic mass is 10.2. The van der Waals surface area contributed by atoms with Gasteiger partial charge in [0.1, 0.15) is 17.2 Å². The molecular formula is C24H21ClN2O5. The average molecular weight is 453 g/mol. The Morgan fingerprint density at radius 3 is 2.12 bits per heavy atom. The molecule has 1 amide bonds. The van der Waals surface area contributed by atoms with Crippen molar-refractivity contribution in [3.8, 4) is 17.2 Å². The Kier molecular flexibility index (Phi) is 7.83. The second-order valence-corrected chi connectivity index (χ2v) is 7.07. The lowest BCUT2D eigenvalue weighted by Crippen LogP contribution is -2.33. The number of nitrogens with one attached hydrogen (secondary N) is 1. The first-order chi connectivity index (χ1) is 15.4. The standard InChI is InChI=1S/C24H21ClN2O5/c1-16(31-21-13-7-19(25)8-14-21)23(28)27-26-15-17-3-9-22(10-4-17)32-24(29)18-5-11-20(30-2)12-6-18/h3-16H,1-2H3,(H,27,28)/b26-15-/t16-/m0/s1. The third kappa shape index (κ3) is 6.58. The Morgan fingerprint density at radius 2 is 1.50 bits per heavy atom. The van der Waals surface area contributed by atoms with Crippen molar-refractivity contribution >= 4 is 29.7 Å². The second-order valence-electron chi connectivity index (χ2n) is 6.64. The Bertz CT molecular complexity index is 1080. The molecule has 0 radical (unpaired) electrons. The first kappa shape index (κ1) is 22.8. The summed E-state index contributed by atoms with van der Waals surface area (Å²) in [6, 6.07) is 20.0. The third-order valence-corrected chi connectivity index (χ3v) is 4.55. The van der Waals surface area contributed by atoms with E-state index in [1.165, 1.54) is 6.21 Å². The van der Waals surface area contributed by atoms with Crippen LogP contribution < -0.4 is 19.6 Å². The summed E-state index contributed by atoms with van der Waals surface area (Å²) >= 11 is 5.83. The summed E-state index contributed by atoms with van der Waals surface area (Å²) in [7, 11) is 1.55. The second kappa shape index (κ2) is 11.0. The molecule has 1 N–H and O–H groups in total. The predicted octanol–water partition coefficient (Wildman–Crippen LogP) is 4.49. The zero-order chi connectivity index (χ0) is 22.9. The molecule has 0 fully saturated rings. The molecule has 32 heavy (non-hydrogen) atoms. The predicted molar refractivity (Wildman–Crippen MR) is 122 cm³/mol. The minimum atomic E-state index is -0.743. The number of ether oxygens (including phenoxy) is 3. The van der Waals surface area contributed by atoms with Crippen molar-refractivity contribution in [1.82, 2.24) is 5.43 Å². The molecule has 0 unspecified atom stereocenters. The Balaban J connectivity index is 1.49. The fourth-order valence-electron chi connectivity index (χ4n) is 2.55. The van der Waals surface area contributed by atoms with E-state index in [0.717, 1.165) is 0 Å². The number of carbonyl (C=O) groups excluding carboxylic acids is 2. The van der Waals surface area contributed by atoms with E-state index in [-0.39, 0.29) is 0 Å². The van der Waals surface area contributed by atoms with Crippen LogP contribution in [-0.2, 0) is 4.79 Å². The quantitative estimate of drug-likeness (QED) is 0.235. The van der Waals surface area contributed by atoms with E-state index in [0.29, 0.717) is 33.4 Å². The van der Waals surface area contributed by atoms with Crippen LogP contribution in [0.3, 0.4) is 0 Å². The van der Waals surface area contributed by atoms with Crippen molar-refractivity contribution in [3.05, 3.63) is 88.9 Å². The number of amides is 1. The van der Waals surface area contributed by atoms with E-state index in [1.54, 1.807) is 86.8 Å². The van der Waals surface area contributed by atoms with Crippen LogP contribution in [0.25, 0.3) is 0 Å². The van der Waals surface area contributed by atoms with Crippen LogP contribution in [0.4, 0.5) is 0 Å². The molecule has 164 valence electrons. The van der Waals surface area contributed by atoms with Crippen LogP contribution in [0.15, 0.2) is 77.9 Å². The van der Waals surface area contributed by atoms with Gasteiger partial charge in [0, 0.05) is 5.02 Å². The van der Waals surface area contributed by atoms with Gasteiger partial charge in [-0.05, 0) is 85.3 Å². The monoisotopic (exact) mass is 452 g/mol. The number of halogens is 1. The fourth-order valence-corrected chi connectivity index (χ4v) is 2.67. The van der Waals surface area contributed by atoms with E-state index < -0.39 is 18.0 Å². The number of hydrogen-bond acceptors (Lipinski definition) is 6. The van der Waals surface area contributed by atoms with Gasteiger partial charge < -0.3 is 14.2 Å². The highest BCUT2D eigenvalue weighted by atomic mass is 35.5. The highest BCUT2D eigenvalue weighted by Gasteiger charge is 2.14. The van der Waals surface area contributed by atoms with Crippen molar-refractivity contribution in [1.29, 1.82) is 0 Å². The first-order valence-corrected chi connectivity index (χ1v) is 10.0. The number of hydrazone groups is 1. The molecular weight excluding hydrogens is 432 g/mol. The van der Waals surface area contributed by atoms with Crippen molar-refractivity contribution < 1.29 is 23.8 Å². The SMILES string of the molecule is COc1ccc(C(=O)Oc2ccc(/C=N\NC(=O)[C@H](C)Oc3ccc(Cl)cc3)cc2)cc1. The van der Waals surface area contributed by atoms with Crippen LogP contribution in [-0.4, -0.2) is 31.3 Å². The maximum Gasteiger partial charge on any atom is 0.343 e. The van der Waals surface area contributed by atoms with Crippen LogP contribution in [0.1, 0.15) is 22.8 Å². The van der Waals surface area contributed by atoms with Gasteiger partial charge in [-0.2, -0.15) is 5.10 Å². The van der Waals surface area contributed by atoms with E-state index in [9.17, 15) is 9.59 Å². The first-order valence-electron chi connectivity index (χ1n) is 9.66. The lowest BCUT2D eigenvalue weighted by molar-refractivity contribution is -0.127. The number of hydrogen-bond donors (Lipinski definition) is 1. The van der Waals surface area contributed by atoms with Crippen molar-refractivity contribution in [2.24, 2.45) is 5.10 Å². The molecule has 7 nitrogen and oxygen atoms in total. The molecule has 3 aromatic carbocycles. The van der Waals surface area contributed by atoms with Gasteiger partial charge >= 0.3 is 5.97 Å². The highest BCUT2D eigenvalue weighted by molar-refractivity contribution is 6.30. The summed E-state index contributed by atoms with van der Waals surface area (Å²) in [5.41, 5.74) is 3.54. The van der Waals surface area contributed by atoms with E-state index in [1.807, 2.05) is 0 Å². The molecule has 0 aliphatic carbocycles. The van der Waals surface area contributed by atoms with Crippen LogP contribution >= 0.6 is 11.6 Å². The molecule has 3 rings (SSSR count). The van der Waals surface area contributed by atoms with Gasteiger partial charge in [0.25, 0.3) is 5.91 Å². The maximum absolute atomic E-state index is 12.2. The number of methoxy groups -OCH3 is 1. The molecule has 0 heterocycles. The minimum absolute atomic E-state index is 0.386. The minimum Gasteiger partial charge on any atom is -0.497 e. The summed E-state index contributed by atoms with van der Waals surface area (Å²) in [5, 5.41) is 4.51. The van der Waals surface area contributed by atoms with E-state index in [2.05, 4.69) is 10.5 Å². The van der Waals surface area contributed by atoms with Gasteiger partial charge in [-0.25, -0.2) is 10.2 Å². The van der Waals surface area contributed by atoms with Gasteiger partial charge in [0.2, 0.25) is 0 Å². The summed E-state index contributed by atoms with van der Waals surface area (Å²) in [6.07, 6.45) is 0.732. The van der Waals surface area contributed by atoms with Gasteiger partial charge in [-0.3, -0.25) is 4.79 Å². The van der Waals surface area contributed by atoms with Crippen LogP contribution in [0, 0.1) is 0 Å². The molecule has 0 bridgehead atoms. The van der Waals surface area contributed by atoms with Crippen molar-refractivity contribution in [2.45, 2.75) is 13.0 Å². The molecule has 3 aromatic rings. The topological polar surface area (TPSA) is 86.2 Å². The lowest BCUT2D eigenvalue weighted by Gasteiger charge is -2.12. The zero-order valence-electron chi connectivity index (χ0n) is 17.4. The summed E-state index contributed by atoms with van der Waals surface area (Å²) < 4.78 is 16.0. The molecule has 0 aliphatic rings.